The van der Waals surface area contributed by atoms with Gasteiger partial charge in [0.05, 0.1) is 18.1 Å². The van der Waals surface area contributed by atoms with Gasteiger partial charge in [-0.2, -0.15) is 0 Å². The third-order valence-electron chi connectivity index (χ3n) is 3.79. The fraction of sp³-hybridized carbons (Fsp3) is 0.857. The molecule has 0 fully saturated rings. The standard InChI is InChI=1S/C14H27NO4/c1-9(2)11(8-19-6)15-12(16)7-14(5,10(3)4)13(17)18/h9-11H,7-8H2,1-6H3,(H,15,16)(H,17,18). The number of methoxy groups -OCH3 is 1. The fourth-order valence-corrected chi connectivity index (χ4v) is 1.70. The highest BCUT2D eigenvalue weighted by Gasteiger charge is 2.39. The van der Waals surface area contributed by atoms with Gasteiger partial charge in [-0.1, -0.05) is 27.7 Å². The number of carbonyl (C=O) groups is 2. The van der Waals surface area contributed by atoms with Crippen LogP contribution >= 0.6 is 0 Å². The van der Waals surface area contributed by atoms with Gasteiger partial charge in [0, 0.05) is 13.5 Å². The van der Waals surface area contributed by atoms with E-state index < -0.39 is 11.4 Å². The van der Waals surface area contributed by atoms with E-state index in [1.807, 2.05) is 27.7 Å². The lowest BCUT2D eigenvalue weighted by Crippen LogP contribution is -2.45. The number of carbonyl (C=O) groups excluding carboxylic acids is 1. The molecule has 0 aromatic heterocycles. The van der Waals surface area contributed by atoms with Crippen molar-refractivity contribution < 1.29 is 19.4 Å². The van der Waals surface area contributed by atoms with Crippen LogP contribution in [0.3, 0.4) is 0 Å². The molecule has 2 N–H and O–H groups in total. The van der Waals surface area contributed by atoms with Gasteiger partial charge in [-0.15, -0.1) is 0 Å². The smallest absolute Gasteiger partial charge is 0.310 e. The fourth-order valence-electron chi connectivity index (χ4n) is 1.70. The van der Waals surface area contributed by atoms with E-state index in [-0.39, 0.29) is 30.2 Å². The molecule has 5 nitrogen and oxygen atoms in total. The van der Waals surface area contributed by atoms with Gasteiger partial charge in [0.1, 0.15) is 0 Å². The molecule has 0 aromatic rings. The lowest BCUT2D eigenvalue weighted by atomic mass is 9.76. The molecule has 0 aliphatic rings. The number of rotatable bonds is 8. The van der Waals surface area contributed by atoms with E-state index in [1.54, 1.807) is 14.0 Å². The first-order valence-electron chi connectivity index (χ1n) is 6.66. The minimum absolute atomic E-state index is 0.0209. The number of carboxylic acids is 1. The van der Waals surface area contributed by atoms with E-state index in [2.05, 4.69) is 5.32 Å². The number of hydrogen-bond acceptors (Lipinski definition) is 3. The lowest BCUT2D eigenvalue weighted by molar-refractivity contribution is -0.153. The summed E-state index contributed by atoms with van der Waals surface area (Å²) >= 11 is 0. The van der Waals surface area contributed by atoms with Gasteiger partial charge in [-0.3, -0.25) is 9.59 Å². The van der Waals surface area contributed by atoms with E-state index in [0.29, 0.717) is 6.61 Å². The average Bonchev–Trinajstić information content (AvgIpc) is 2.27. The summed E-state index contributed by atoms with van der Waals surface area (Å²) in [7, 11) is 1.58. The molecule has 0 aliphatic carbocycles. The second-order valence-electron chi connectivity index (χ2n) is 5.93. The van der Waals surface area contributed by atoms with Crippen LogP contribution in [0.5, 0.6) is 0 Å². The van der Waals surface area contributed by atoms with E-state index in [1.165, 1.54) is 0 Å². The van der Waals surface area contributed by atoms with Crippen LogP contribution in [0.2, 0.25) is 0 Å². The molecule has 0 saturated heterocycles. The van der Waals surface area contributed by atoms with Gasteiger partial charge < -0.3 is 15.2 Å². The summed E-state index contributed by atoms with van der Waals surface area (Å²) in [5.41, 5.74) is -1.04. The van der Waals surface area contributed by atoms with E-state index in [9.17, 15) is 14.7 Å². The third-order valence-corrected chi connectivity index (χ3v) is 3.79. The first-order chi connectivity index (χ1) is 8.65. The van der Waals surface area contributed by atoms with Crippen molar-refractivity contribution in [2.24, 2.45) is 17.3 Å². The van der Waals surface area contributed by atoms with Gasteiger partial charge in [0.15, 0.2) is 0 Å². The number of aliphatic carboxylic acids is 1. The molecule has 1 amide bonds. The highest BCUT2D eigenvalue weighted by atomic mass is 16.5. The Bertz CT molecular complexity index is 315. The van der Waals surface area contributed by atoms with Crippen molar-refractivity contribution in [3.8, 4) is 0 Å². The monoisotopic (exact) mass is 273 g/mol. The molecule has 5 heteroatoms. The molecular formula is C14H27NO4. The summed E-state index contributed by atoms with van der Waals surface area (Å²) in [4.78, 5) is 23.4. The number of nitrogens with one attached hydrogen (secondary N) is 1. The largest absolute Gasteiger partial charge is 0.481 e. The number of hydrogen-bond donors (Lipinski definition) is 2. The minimum Gasteiger partial charge on any atom is -0.481 e. The van der Waals surface area contributed by atoms with Gasteiger partial charge in [0.25, 0.3) is 0 Å². The molecule has 0 aromatic carbocycles. The Morgan fingerprint density at radius 3 is 2.11 bits per heavy atom. The van der Waals surface area contributed by atoms with Gasteiger partial charge in [-0.05, 0) is 18.8 Å². The van der Waals surface area contributed by atoms with E-state index in [4.69, 9.17) is 4.74 Å². The quantitative estimate of drug-likeness (QED) is 0.708. The molecule has 0 aliphatic heterocycles. The first kappa shape index (κ1) is 17.9. The summed E-state index contributed by atoms with van der Waals surface area (Å²) in [6, 6.07) is -0.0947. The maximum absolute atomic E-state index is 12.0. The molecule has 0 rings (SSSR count). The molecule has 19 heavy (non-hydrogen) atoms. The van der Waals surface area contributed by atoms with Crippen molar-refractivity contribution in [1.29, 1.82) is 0 Å². The summed E-state index contributed by atoms with van der Waals surface area (Å²) in [5, 5.41) is 12.1. The van der Waals surface area contributed by atoms with Crippen molar-refractivity contribution in [2.45, 2.75) is 47.1 Å². The second kappa shape index (κ2) is 7.48. The number of carboxylic acid groups (broad SMARTS) is 1. The normalized spacial score (nSPS) is 16.2. The zero-order valence-electron chi connectivity index (χ0n) is 12.8. The SMILES string of the molecule is COCC(NC(=O)CC(C)(C(=O)O)C(C)C)C(C)C. The zero-order chi connectivity index (χ0) is 15.2. The summed E-state index contributed by atoms with van der Waals surface area (Å²) in [6.07, 6.45) is -0.0209. The number of amides is 1. The number of ether oxygens (including phenoxy) is 1. The Labute approximate surface area is 115 Å². The van der Waals surface area contributed by atoms with Crippen LogP contribution in [0.15, 0.2) is 0 Å². The van der Waals surface area contributed by atoms with Crippen molar-refractivity contribution in [2.75, 3.05) is 13.7 Å². The van der Waals surface area contributed by atoms with Gasteiger partial charge in [0.2, 0.25) is 5.91 Å². The van der Waals surface area contributed by atoms with Crippen LogP contribution in [-0.4, -0.2) is 36.7 Å². The van der Waals surface area contributed by atoms with Crippen LogP contribution in [0, 0.1) is 17.3 Å². The van der Waals surface area contributed by atoms with E-state index >= 15 is 0 Å². The van der Waals surface area contributed by atoms with Crippen LogP contribution in [-0.2, 0) is 14.3 Å². The van der Waals surface area contributed by atoms with Crippen molar-refractivity contribution in [3.63, 3.8) is 0 Å². The Kier molecular flexibility index (Phi) is 7.05. The molecule has 112 valence electrons. The Morgan fingerprint density at radius 1 is 1.26 bits per heavy atom. The van der Waals surface area contributed by atoms with Crippen LogP contribution in [0.4, 0.5) is 0 Å². The topological polar surface area (TPSA) is 75.6 Å². The van der Waals surface area contributed by atoms with Crippen LogP contribution in [0.25, 0.3) is 0 Å². The molecule has 0 saturated carbocycles. The highest BCUT2D eigenvalue weighted by Crippen LogP contribution is 2.31. The minimum atomic E-state index is -1.04. The molecule has 2 atom stereocenters. The Balaban J connectivity index is 4.71. The predicted molar refractivity (Wildman–Crippen MR) is 73.8 cm³/mol. The maximum Gasteiger partial charge on any atom is 0.310 e. The second-order valence-corrected chi connectivity index (χ2v) is 5.93. The van der Waals surface area contributed by atoms with Crippen molar-refractivity contribution >= 4 is 11.9 Å². The molecular weight excluding hydrogens is 246 g/mol. The van der Waals surface area contributed by atoms with Crippen LogP contribution in [0.1, 0.15) is 41.0 Å². The summed E-state index contributed by atoms with van der Waals surface area (Å²) in [6.45, 7) is 9.65. The van der Waals surface area contributed by atoms with E-state index in [0.717, 1.165) is 0 Å². The molecule has 0 bridgehead atoms. The van der Waals surface area contributed by atoms with Crippen LogP contribution < -0.4 is 5.32 Å². The first-order valence-corrected chi connectivity index (χ1v) is 6.66. The molecule has 0 radical (unpaired) electrons. The summed E-state index contributed by atoms with van der Waals surface area (Å²) < 4.78 is 5.06. The van der Waals surface area contributed by atoms with Crippen molar-refractivity contribution in [1.82, 2.24) is 5.32 Å². The zero-order valence-corrected chi connectivity index (χ0v) is 12.8. The maximum atomic E-state index is 12.0. The average molecular weight is 273 g/mol. The predicted octanol–water partition coefficient (Wildman–Crippen LogP) is 1.91. The Hall–Kier alpha value is -1.10. The Morgan fingerprint density at radius 2 is 1.79 bits per heavy atom. The van der Waals surface area contributed by atoms with Gasteiger partial charge in [-0.25, -0.2) is 0 Å². The molecule has 0 spiro atoms. The van der Waals surface area contributed by atoms with Crippen molar-refractivity contribution in [3.05, 3.63) is 0 Å². The summed E-state index contributed by atoms with van der Waals surface area (Å²) in [5.74, 6) is -1.06. The molecule has 0 heterocycles. The van der Waals surface area contributed by atoms with Gasteiger partial charge >= 0.3 is 5.97 Å². The third kappa shape index (κ3) is 5.19. The highest BCUT2D eigenvalue weighted by molar-refractivity contribution is 5.85. The molecule has 2 unspecified atom stereocenters. The lowest BCUT2D eigenvalue weighted by Gasteiger charge is -2.30.